The monoisotopic (exact) mass is 308 g/mol. The Morgan fingerprint density at radius 2 is 2.24 bits per heavy atom. The van der Waals surface area contributed by atoms with Gasteiger partial charge < -0.3 is 4.90 Å². The normalized spacial score (nSPS) is 14.7. The molecule has 1 saturated carbocycles. The second-order valence-corrected chi connectivity index (χ2v) is 5.14. The first-order chi connectivity index (χ1) is 10.1. The lowest BCUT2D eigenvalue weighted by Gasteiger charge is -2.26. The van der Waals surface area contributed by atoms with Gasteiger partial charge >= 0.3 is 5.69 Å². The maximum absolute atomic E-state index is 12.6. The molecule has 0 aromatic carbocycles. The number of nitriles is 1. The molecule has 2 rings (SSSR count). The van der Waals surface area contributed by atoms with Crippen LogP contribution < -0.4 is 0 Å². The van der Waals surface area contributed by atoms with Crippen LogP contribution in [-0.4, -0.2) is 33.3 Å². The van der Waals surface area contributed by atoms with E-state index in [1.54, 1.807) is 0 Å². The van der Waals surface area contributed by atoms with Crippen molar-refractivity contribution in [3.63, 3.8) is 0 Å². The molecule has 0 spiro atoms. The predicted octanol–water partition coefficient (Wildman–Crippen LogP) is 2.55. The molecule has 1 fully saturated rings. The van der Waals surface area contributed by atoms with Crippen LogP contribution in [0.1, 0.15) is 36.0 Å². The first-order valence-corrected chi connectivity index (χ1v) is 6.91. The SMILES string of the molecule is N#CCN(C(=O)c1ccnc(Cl)c1[N+](=O)[O-])C1CCCC1. The van der Waals surface area contributed by atoms with Gasteiger partial charge in [-0.3, -0.25) is 14.9 Å². The lowest BCUT2D eigenvalue weighted by molar-refractivity contribution is -0.385. The Hall–Kier alpha value is -2.20. The summed E-state index contributed by atoms with van der Waals surface area (Å²) >= 11 is 5.72. The van der Waals surface area contributed by atoms with Crippen LogP contribution in [0.4, 0.5) is 5.69 Å². The average Bonchev–Trinajstić information content (AvgIpc) is 2.97. The molecular formula is C13H13ClN4O3. The van der Waals surface area contributed by atoms with Gasteiger partial charge in [0, 0.05) is 12.2 Å². The zero-order valence-corrected chi connectivity index (χ0v) is 11.9. The van der Waals surface area contributed by atoms with E-state index in [0.29, 0.717) is 0 Å². The summed E-state index contributed by atoms with van der Waals surface area (Å²) in [4.78, 5) is 28.0. The van der Waals surface area contributed by atoms with Crippen LogP contribution in [0, 0.1) is 21.4 Å². The topological polar surface area (TPSA) is 100 Å². The Balaban J connectivity index is 2.39. The highest BCUT2D eigenvalue weighted by molar-refractivity contribution is 6.32. The van der Waals surface area contributed by atoms with Gasteiger partial charge in [0.25, 0.3) is 5.91 Å². The first-order valence-electron chi connectivity index (χ1n) is 6.53. The van der Waals surface area contributed by atoms with E-state index in [0.717, 1.165) is 25.7 Å². The summed E-state index contributed by atoms with van der Waals surface area (Å²) in [6, 6.07) is 3.16. The van der Waals surface area contributed by atoms with Gasteiger partial charge in [-0.1, -0.05) is 24.4 Å². The third-order valence-corrected chi connectivity index (χ3v) is 3.84. The molecule has 7 nitrogen and oxygen atoms in total. The summed E-state index contributed by atoms with van der Waals surface area (Å²) in [5.74, 6) is -0.542. The number of hydrogen-bond donors (Lipinski definition) is 0. The Bertz CT molecular complexity index is 608. The molecule has 1 aliphatic rings. The minimum absolute atomic E-state index is 0.0521. The number of pyridine rings is 1. The molecule has 0 saturated heterocycles. The number of halogens is 1. The second kappa shape index (κ2) is 6.50. The number of nitro groups is 1. The maximum atomic E-state index is 12.6. The summed E-state index contributed by atoms with van der Waals surface area (Å²) in [6.45, 7) is -0.0966. The van der Waals surface area contributed by atoms with Crippen molar-refractivity contribution in [2.75, 3.05) is 6.54 Å². The number of hydrogen-bond acceptors (Lipinski definition) is 5. The number of rotatable bonds is 4. The molecular weight excluding hydrogens is 296 g/mol. The van der Waals surface area contributed by atoms with Crippen LogP contribution in [0.3, 0.4) is 0 Å². The fourth-order valence-corrected chi connectivity index (χ4v) is 2.82. The molecule has 0 aliphatic heterocycles. The Morgan fingerprint density at radius 3 is 2.81 bits per heavy atom. The lowest BCUT2D eigenvalue weighted by Crippen LogP contribution is -2.39. The highest BCUT2D eigenvalue weighted by atomic mass is 35.5. The zero-order chi connectivity index (χ0) is 15.4. The van der Waals surface area contributed by atoms with Gasteiger partial charge in [-0.15, -0.1) is 0 Å². The standard InChI is InChI=1S/C13H13ClN4O3/c14-12-11(18(20)21)10(5-7-16-12)13(19)17(8-6-15)9-3-1-2-4-9/h5,7,9H,1-4,8H2. The third kappa shape index (κ3) is 3.11. The van der Waals surface area contributed by atoms with Crippen molar-refractivity contribution in [2.24, 2.45) is 0 Å². The van der Waals surface area contributed by atoms with Crippen molar-refractivity contribution in [2.45, 2.75) is 31.7 Å². The van der Waals surface area contributed by atoms with Gasteiger partial charge in [0.15, 0.2) is 0 Å². The zero-order valence-electron chi connectivity index (χ0n) is 11.2. The van der Waals surface area contributed by atoms with Gasteiger partial charge in [-0.25, -0.2) is 4.98 Å². The Labute approximate surface area is 126 Å². The van der Waals surface area contributed by atoms with Gasteiger partial charge in [0.1, 0.15) is 12.1 Å². The first kappa shape index (κ1) is 15.2. The summed E-state index contributed by atoms with van der Waals surface area (Å²) in [5.41, 5.74) is -0.632. The molecule has 0 radical (unpaired) electrons. The van der Waals surface area contributed by atoms with E-state index in [2.05, 4.69) is 4.98 Å². The van der Waals surface area contributed by atoms with Gasteiger partial charge in [-0.05, 0) is 18.9 Å². The van der Waals surface area contributed by atoms with Crippen molar-refractivity contribution in [1.29, 1.82) is 5.26 Å². The smallest absolute Gasteiger partial charge is 0.319 e. The Kier molecular flexibility index (Phi) is 4.70. The van der Waals surface area contributed by atoms with E-state index in [1.807, 2.05) is 6.07 Å². The van der Waals surface area contributed by atoms with Crippen LogP contribution in [0.25, 0.3) is 0 Å². The highest BCUT2D eigenvalue weighted by Crippen LogP contribution is 2.30. The quantitative estimate of drug-likeness (QED) is 0.368. The minimum atomic E-state index is -0.720. The van der Waals surface area contributed by atoms with Crippen molar-refractivity contribution in [3.8, 4) is 6.07 Å². The lowest BCUT2D eigenvalue weighted by atomic mass is 10.1. The molecule has 8 heteroatoms. The second-order valence-electron chi connectivity index (χ2n) is 4.78. The van der Waals surface area contributed by atoms with Gasteiger partial charge in [0.2, 0.25) is 5.15 Å². The number of amides is 1. The summed E-state index contributed by atoms with van der Waals surface area (Å²) in [6.07, 6.45) is 4.83. The number of carbonyl (C=O) groups excluding carboxylic acids is 1. The molecule has 1 aromatic heterocycles. The van der Waals surface area contributed by atoms with E-state index in [4.69, 9.17) is 16.9 Å². The third-order valence-electron chi connectivity index (χ3n) is 3.56. The largest absolute Gasteiger partial charge is 0.322 e. The van der Waals surface area contributed by atoms with Crippen LogP contribution in [-0.2, 0) is 0 Å². The van der Waals surface area contributed by atoms with Crippen LogP contribution in [0.5, 0.6) is 0 Å². The van der Waals surface area contributed by atoms with Crippen LogP contribution in [0.15, 0.2) is 12.3 Å². The van der Waals surface area contributed by atoms with Crippen molar-refractivity contribution in [3.05, 3.63) is 33.1 Å². The van der Waals surface area contributed by atoms with Gasteiger partial charge in [-0.2, -0.15) is 5.26 Å². The van der Waals surface area contributed by atoms with E-state index in [9.17, 15) is 14.9 Å². The van der Waals surface area contributed by atoms with Crippen LogP contribution >= 0.6 is 11.6 Å². The molecule has 110 valence electrons. The van der Waals surface area contributed by atoms with Crippen molar-refractivity contribution < 1.29 is 9.72 Å². The minimum Gasteiger partial charge on any atom is -0.322 e. The molecule has 1 amide bonds. The van der Waals surface area contributed by atoms with E-state index >= 15 is 0 Å². The van der Waals surface area contributed by atoms with E-state index in [1.165, 1.54) is 17.2 Å². The van der Waals surface area contributed by atoms with Crippen molar-refractivity contribution in [1.82, 2.24) is 9.88 Å². The molecule has 21 heavy (non-hydrogen) atoms. The van der Waals surface area contributed by atoms with E-state index in [-0.39, 0.29) is 23.3 Å². The molecule has 0 unspecified atom stereocenters. The van der Waals surface area contributed by atoms with Crippen molar-refractivity contribution >= 4 is 23.2 Å². The average molecular weight is 309 g/mol. The summed E-state index contributed by atoms with van der Waals surface area (Å²) < 4.78 is 0. The number of aromatic nitrogens is 1. The molecule has 0 bridgehead atoms. The molecule has 1 aromatic rings. The van der Waals surface area contributed by atoms with E-state index < -0.39 is 16.5 Å². The number of nitrogens with zero attached hydrogens (tertiary/aromatic N) is 4. The Morgan fingerprint density at radius 1 is 1.57 bits per heavy atom. The van der Waals surface area contributed by atoms with Gasteiger partial charge in [0.05, 0.1) is 11.0 Å². The predicted molar refractivity (Wildman–Crippen MR) is 74.8 cm³/mol. The summed E-state index contributed by atoms with van der Waals surface area (Å²) in [5, 5.41) is 19.7. The molecule has 1 heterocycles. The molecule has 0 atom stereocenters. The fraction of sp³-hybridized carbons (Fsp3) is 0.462. The number of carbonyl (C=O) groups is 1. The fourth-order valence-electron chi connectivity index (χ4n) is 2.59. The highest BCUT2D eigenvalue weighted by Gasteiger charge is 2.32. The van der Waals surface area contributed by atoms with Crippen LogP contribution in [0.2, 0.25) is 5.15 Å². The molecule has 1 aliphatic carbocycles. The summed E-state index contributed by atoms with van der Waals surface area (Å²) in [7, 11) is 0. The maximum Gasteiger partial charge on any atom is 0.319 e. The molecule has 0 N–H and O–H groups in total.